The molecule has 1 N–H and O–H groups in total. The van der Waals surface area contributed by atoms with Crippen molar-refractivity contribution in [3.8, 4) is 0 Å². The van der Waals surface area contributed by atoms with E-state index in [9.17, 15) is 4.79 Å². The van der Waals surface area contributed by atoms with E-state index in [1.54, 1.807) is 11.8 Å². The second-order valence-corrected chi connectivity index (χ2v) is 14.5. The van der Waals surface area contributed by atoms with Crippen LogP contribution in [0.15, 0.2) is 5.03 Å². The van der Waals surface area contributed by atoms with Gasteiger partial charge in [-0.1, -0.05) is 31.5 Å². The van der Waals surface area contributed by atoms with Crippen LogP contribution < -0.4 is 5.32 Å². The quantitative estimate of drug-likeness (QED) is 0.383. The van der Waals surface area contributed by atoms with Crippen molar-refractivity contribution in [2.24, 2.45) is 23.7 Å². The second-order valence-electron chi connectivity index (χ2n) is 12.4. The maximum atomic E-state index is 12.8. The van der Waals surface area contributed by atoms with Gasteiger partial charge in [-0.2, -0.15) is 0 Å². The lowest BCUT2D eigenvalue weighted by Gasteiger charge is -2.56. The van der Waals surface area contributed by atoms with E-state index in [0.717, 1.165) is 53.8 Å². The van der Waals surface area contributed by atoms with Gasteiger partial charge in [0.15, 0.2) is 0 Å². The summed E-state index contributed by atoms with van der Waals surface area (Å²) < 4.78 is 0. The highest BCUT2D eigenvalue weighted by Gasteiger charge is 2.53. The second kappa shape index (κ2) is 8.47. The highest BCUT2D eigenvalue weighted by atomic mass is 32.2. The number of hydrogen-bond donors (Lipinski definition) is 1. The van der Waals surface area contributed by atoms with Crippen molar-refractivity contribution in [3.63, 3.8) is 0 Å². The number of rotatable bonds is 5. The normalized spacial score (nSPS) is 34.6. The Morgan fingerprint density at radius 1 is 1.06 bits per heavy atom. The molecule has 0 radical (unpaired) electrons. The third-order valence-corrected chi connectivity index (χ3v) is 11.8. The maximum Gasteiger partial charge on any atom is 0.230 e. The standard InChI is InChI=1S/C28H37N3OS2/c1-16-6-7-21-22(8-16)34-26-24(21)25(33-15-23(32)29-20-4-2-3-5-20)30-27(31-26)28-12-17-9-18(13-28)11-19(10-17)14-28/h16-20H,2-15H2,1H3,(H,29,32). The van der Waals surface area contributed by atoms with Crippen molar-refractivity contribution in [3.05, 3.63) is 16.3 Å². The zero-order chi connectivity index (χ0) is 22.9. The zero-order valence-corrected chi connectivity index (χ0v) is 22.0. The summed E-state index contributed by atoms with van der Waals surface area (Å²) in [6, 6.07) is 0.386. The molecule has 8 rings (SSSR count). The fourth-order valence-corrected chi connectivity index (χ4v) is 10.8. The molecule has 0 saturated heterocycles. The molecule has 2 aromatic heterocycles. The maximum absolute atomic E-state index is 12.8. The number of nitrogens with zero attached hydrogens (tertiary/aromatic N) is 2. The first-order valence-electron chi connectivity index (χ1n) is 13.8. The van der Waals surface area contributed by atoms with Crippen LogP contribution in [0.3, 0.4) is 0 Å². The average molecular weight is 496 g/mol. The minimum Gasteiger partial charge on any atom is -0.353 e. The Kier molecular flexibility index (Phi) is 5.50. The molecule has 1 atom stereocenters. The average Bonchev–Trinajstić information content (AvgIpc) is 3.43. The molecule has 4 nitrogen and oxygen atoms in total. The topological polar surface area (TPSA) is 54.9 Å². The molecule has 0 aromatic carbocycles. The number of hydrogen-bond acceptors (Lipinski definition) is 5. The fraction of sp³-hybridized carbons (Fsp3) is 0.750. The number of thioether (sulfide) groups is 1. The molecule has 5 saturated carbocycles. The Hall–Kier alpha value is -1.14. The van der Waals surface area contributed by atoms with Gasteiger partial charge in [0.1, 0.15) is 15.7 Å². The van der Waals surface area contributed by atoms with Crippen LogP contribution in [0.5, 0.6) is 0 Å². The van der Waals surface area contributed by atoms with Gasteiger partial charge >= 0.3 is 0 Å². The van der Waals surface area contributed by atoms with Gasteiger partial charge in [0.05, 0.1) is 5.75 Å². The lowest BCUT2D eigenvalue weighted by atomic mass is 9.49. The molecule has 1 amide bonds. The number of amides is 1. The Morgan fingerprint density at radius 2 is 1.76 bits per heavy atom. The van der Waals surface area contributed by atoms with Crippen LogP contribution in [0.1, 0.15) is 93.8 Å². The molecule has 6 aliphatic rings. The van der Waals surface area contributed by atoms with E-state index in [1.807, 2.05) is 11.3 Å². The van der Waals surface area contributed by atoms with Gasteiger partial charge in [-0.3, -0.25) is 4.79 Å². The summed E-state index contributed by atoms with van der Waals surface area (Å²) in [7, 11) is 0. The van der Waals surface area contributed by atoms with Gasteiger partial charge in [-0.25, -0.2) is 9.97 Å². The number of thiophene rings is 1. The van der Waals surface area contributed by atoms with E-state index in [2.05, 4.69) is 12.2 Å². The summed E-state index contributed by atoms with van der Waals surface area (Å²) in [6.45, 7) is 2.38. The van der Waals surface area contributed by atoms with Crippen molar-refractivity contribution in [2.45, 2.75) is 107 Å². The van der Waals surface area contributed by atoms with Gasteiger partial charge in [-0.15, -0.1) is 11.3 Å². The van der Waals surface area contributed by atoms with E-state index in [4.69, 9.17) is 9.97 Å². The largest absolute Gasteiger partial charge is 0.353 e. The lowest BCUT2D eigenvalue weighted by Crippen LogP contribution is -2.49. The molecule has 6 aliphatic carbocycles. The molecule has 0 aliphatic heterocycles. The number of fused-ring (bicyclic) bond motifs is 3. The first kappa shape index (κ1) is 22.1. The van der Waals surface area contributed by atoms with Crippen LogP contribution in [0, 0.1) is 23.7 Å². The van der Waals surface area contributed by atoms with E-state index in [0.29, 0.717) is 11.8 Å². The van der Waals surface area contributed by atoms with Crippen LogP contribution in [0.2, 0.25) is 0 Å². The SMILES string of the molecule is CC1CCc2c(sc3nc(C45CC6CC(CC(C6)C4)C5)nc(SCC(=O)NC4CCCC4)c23)C1. The van der Waals surface area contributed by atoms with Gasteiger partial charge < -0.3 is 5.32 Å². The third kappa shape index (κ3) is 3.82. The predicted octanol–water partition coefficient (Wildman–Crippen LogP) is 6.43. The first-order valence-corrected chi connectivity index (χ1v) is 15.6. The molecule has 2 heterocycles. The van der Waals surface area contributed by atoms with Gasteiger partial charge in [-0.05, 0) is 99.9 Å². The highest BCUT2D eigenvalue weighted by Crippen LogP contribution is 2.60. The van der Waals surface area contributed by atoms with Gasteiger partial charge in [0.2, 0.25) is 5.91 Å². The van der Waals surface area contributed by atoms with Gasteiger partial charge in [0, 0.05) is 21.7 Å². The van der Waals surface area contributed by atoms with Crippen LogP contribution in [-0.2, 0) is 23.1 Å². The summed E-state index contributed by atoms with van der Waals surface area (Å²) >= 11 is 3.61. The number of aryl methyl sites for hydroxylation is 1. The molecular weight excluding hydrogens is 458 g/mol. The van der Waals surface area contributed by atoms with Crippen LogP contribution in [0.4, 0.5) is 0 Å². The summed E-state index contributed by atoms with van der Waals surface area (Å²) in [5.74, 6) is 5.19. The molecular formula is C28H37N3OS2. The van der Waals surface area contributed by atoms with E-state index < -0.39 is 0 Å². The summed E-state index contributed by atoms with van der Waals surface area (Å²) in [6.07, 6.45) is 16.5. The molecule has 34 heavy (non-hydrogen) atoms. The van der Waals surface area contributed by atoms with Crippen LogP contribution in [0.25, 0.3) is 10.2 Å². The highest BCUT2D eigenvalue weighted by molar-refractivity contribution is 8.00. The fourth-order valence-electron chi connectivity index (χ4n) is 8.51. The van der Waals surface area contributed by atoms with Gasteiger partial charge in [0.25, 0.3) is 0 Å². The number of carbonyl (C=O) groups is 1. The molecule has 6 heteroatoms. The van der Waals surface area contributed by atoms with E-state index in [-0.39, 0.29) is 11.3 Å². The predicted molar refractivity (Wildman–Crippen MR) is 140 cm³/mol. The number of nitrogens with one attached hydrogen (secondary N) is 1. The molecule has 0 spiro atoms. The summed E-state index contributed by atoms with van der Waals surface area (Å²) in [4.78, 5) is 26.3. The number of aromatic nitrogens is 2. The minimum absolute atomic E-state index is 0.178. The Morgan fingerprint density at radius 3 is 2.47 bits per heavy atom. The lowest BCUT2D eigenvalue weighted by molar-refractivity contribution is -0.119. The van der Waals surface area contributed by atoms with Crippen LogP contribution in [-0.4, -0.2) is 27.7 Å². The summed E-state index contributed by atoms with van der Waals surface area (Å²) in [5, 5.41) is 5.67. The van der Waals surface area contributed by atoms with Crippen molar-refractivity contribution in [2.75, 3.05) is 5.75 Å². The Labute approximate surface area is 211 Å². The van der Waals surface area contributed by atoms with Crippen LogP contribution >= 0.6 is 23.1 Å². The zero-order valence-electron chi connectivity index (χ0n) is 20.4. The Bertz CT molecular complexity index is 1080. The monoisotopic (exact) mass is 495 g/mol. The Balaban J connectivity index is 1.24. The third-order valence-electron chi connectivity index (χ3n) is 9.69. The number of carbonyl (C=O) groups excluding carboxylic acids is 1. The first-order chi connectivity index (χ1) is 16.5. The van der Waals surface area contributed by atoms with Crippen molar-refractivity contribution >= 4 is 39.2 Å². The minimum atomic E-state index is 0.178. The molecule has 5 fully saturated rings. The molecule has 4 bridgehead atoms. The molecule has 182 valence electrons. The molecule has 2 aromatic rings. The smallest absolute Gasteiger partial charge is 0.230 e. The van der Waals surface area contributed by atoms with E-state index in [1.165, 1.54) is 84.9 Å². The molecule has 1 unspecified atom stereocenters. The van der Waals surface area contributed by atoms with Crippen molar-refractivity contribution in [1.82, 2.24) is 15.3 Å². The van der Waals surface area contributed by atoms with E-state index >= 15 is 0 Å². The van der Waals surface area contributed by atoms with Crippen molar-refractivity contribution < 1.29 is 4.79 Å². The summed E-state index contributed by atoms with van der Waals surface area (Å²) in [5.41, 5.74) is 1.69. The van der Waals surface area contributed by atoms with Crippen molar-refractivity contribution in [1.29, 1.82) is 0 Å².